The van der Waals surface area contributed by atoms with Gasteiger partial charge in [-0.2, -0.15) is 0 Å². The molecule has 0 bridgehead atoms. The highest BCUT2D eigenvalue weighted by Gasteiger charge is 2.16. The number of rotatable bonds is 5. The normalized spacial score (nSPS) is 11.3. The average Bonchev–Trinajstić information content (AvgIpc) is 3.18. The second-order valence-electron chi connectivity index (χ2n) is 5.78. The zero-order chi connectivity index (χ0) is 18.7. The summed E-state index contributed by atoms with van der Waals surface area (Å²) in [5.41, 5.74) is 2.46. The summed E-state index contributed by atoms with van der Waals surface area (Å²) in [4.78, 5) is 12.6. The van der Waals surface area contributed by atoms with Gasteiger partial charge in [-0.15, -0.1) is 0 Å². The van der Waals surface area contributed by atoms with E-state index in [4.69, 9.17) is 0 Å². The molecule has 3 aromatic rings. The summed E-state index contributed by atoms with van der Waals surface area (Å²) in [6, 6.07) is 15.8. The van der Waals surface area contributed by atoms with Crippen LogP contribution in [0.25, 0.3) is 5.69 Å². The van der Waals surface area contributed by atoms with Gasteiger partial charge in [0.15, 0.2) is 0 Å². The van der Waals surface area contributed by atoms with E-state index in [0.717, 1.165) is 5.69 Å². The van der Waals surface area contributed by atoms with E-state index in [1.165, 1.54) is 13.1 Å². The lowest BCUT2D eigenvalue weighted by Crippen LogP contribution is -2.20. The van der Waals surface area contributed by atoms with Crippen LogP contribution < -0.4 is 10.0 Å². The SMILES string of the molecule is CNS(=O)(=O)c1cc(NC(=O)c2ccc(-n3cccc3)cc2)ccc1C. The van der Waals surface area contributed by atoms with E-state index in [-0.39, 0.29) is 10.8 Å². The van der Waals surface area contributed by atoms with E-state index in [0.29, 0.717) is 16.8 Å². The first-order valence-electron chi connectivity index (χ1n) is 8.00. The Labute approximate surface area is 152 Å². The highest BCUT2D eigenvalue weighted by Crippen LogP contribution is 2.20. The van der Waals surface area contributed by atoms with Crippen LogP contribution in [0.5, 0.6) is 0 Å². The van der Waals surface area contributed by atoms with E-state index in [1.54, 1.807) is 31.2 Å². The Bertz CT molecular complexity index is 1020. The smallest absolute Gasteiger partial charge is 0.255 e. The van der Waals surface area contributed by atoms with Gasteiger partial charge in [-0.25, -0.2) is 13.1 Å². The standard InChI is InChI=1S/C19H19N3O3S/c1-14-5-8-16(13-18(14)26(24,25)20-2)21-19(23)15-6-9-17(10-7-15)22-11-3-4-12-22/h3-13,20H,1-2H3,(H,21,23). The van der Waals surface area contributed by atoms with Crippen molar-refractivity contribution >= 4 is 21.6 Å². The summed E-state index contributed by atoms with van der Waals surface area (Å²) in [7, 11) is -2.23. The molecule has 3 rings (SSSR count). The molecular formula is C19H19N3O3S. The second kappa shape index (κ2) is 7.15. The monoisotopic (exact) mass is 369 g/mol. The molecule has 2 N–H and O–H groups in total. The number of aromatic nitrogens is 1. The Morgan fingerprint density at radius 3 is 2.27 bits per heavy atom. The number of benzene rings is 2. The highest BCUT2D eigenvalue weighted by molar-refractivity contribution is 7.89. The van der Waals surface area contributed by atoms with Crippen molar-refractivity contribution in [3.63, 3.8) is 0 Å². The number of nitrogens with zero attached hydrogens (tertiary/aromatic N) is 1. The molecule has 0 spiro atoms. The molecule has 1 amide bonds. The van der Waals surface area contributed by atoms with Gasteiger partial charge in [-0.3, -0.25) is 4.79 Å². The molecule has 0 atom stereocenters. The predicted octanol–water partition coefficient (Wildman–Crippen LogP) is 2.95. The topological polar surface area (TPSA) is 80.2 Å². The minimum absolute atomic E-state index is 0.140. The maximum atomic E-state index is 12.4. The quantitative estimate of drug-likeness (QED) is 0.726. The Morgan fingerprint density at radius 1 is 1.00 bits per heavy atom. The molecule has 0 fully saturated rings. The predicted molar refractivity (Wildman–Crippen MR) is 101 cm³/mol. The van der Waals surface area contributed by atoms with E-state index in [9.17, 15) is 13.2 Å². The minimum atomic E-state index is -3.59. The highest BCUT2D eigenvalue weighted by atomic mass is 32.2. The summed E-state index contributed by atoms with van der Waals surface area (Å²) < 4.78 is 28.3. The first kappa shape index (κ1) is 17.9. The van der Waals surface area contributed by atoms with Crippen molar-refractivity contribution in [3.8, 4) is 5.69 Å². The number of amides is 1. The van der Waals surface area contributed by atoms with Gasteiger partial charge in [0.2, 0.25) is 10.0 Å². The Morgan fingerprint density at radius 2 is 1.65 bits per heavy atom. The summed E-state index contributed by atoms with van der Waals surface area (Å²) in [5.74, 6) is -0.305. The van der Waals surface area contributed by atoms with Gasteiger partial charge in [-0.05, 0) is 68.1 Å². The van der Waals surface area contributed by atoms with Gasteiger partial charge < -0.3 is 9.88 Å². The number of nitrogens with one attached hydrogen (secondary N) is 2. The van der Waals surface area contributed by atoms with Crippen LogP contribution in [-0.4, -0.2) is 25.9 Å². The summed E-state index contributed by atoms with van der Waals surface area (Å²) >= 11 is 0. The first-order valence-corrected chi connectivity index (χ1v) is 9.48. The molecule has 0 aliphatic rings. The van der Waals surface area contributed by atoms with Crippen LogP contribution in [0.4, 0.5) is 5.69 Å². The fraction of sp³-hybridized carbons (Fsp3) is 0.105. The first-order chi connectivity index (χ1) is 12.4. The molecule has 0 aliphatic carbocycles. The maximum Gasteiger partial charge on any atom is 0.255 e. The number of sulfonamides is 1. The number of aryl methyl sites for hydroxylation is 1. The fourth-order valence-electron chi connectivity index (χ4n) is 2.57. The molecule has 134 valence electrons. The number of carbonyl (C=O) groups excluding carboxylic acids is 1. The summed E-state index contributed by atoms with van der Waals surface area (Å²) in [5, 5.41) is 2.74. The van der Waals surface area contributed by atoms with Crippen molar-refractivity contribution in [1.82, 2.24) is 9.29 Å². The average molecular weight is 369 g/mol. The van der Waals surface area contributed by atoms with Gasteiger partial charge in [0.05, 0.1) is 4.90 Å². The van der Waals surface area contributed by atoms with Crippen LogP contribution in [0, 0.1) is 6.92 Å². The molecule has 6 nitrogen and oxygen atoms in total. The third-order valence-electron chi connectivity index (χ3n) is 4.04. The zero-order valence-electron chi connectivity index (χ0n) is 14.4. The van der Waals surface area contributed by atoms with Gasteiger partial charge in [0, 0.05) is 29.3 Å². The second-order valence-corrected chi connectivity index (χ2v) is 7.63. The third kappa shape index (κ3) is 3.68. The number of carbonyl (C=O) groups is 1. The van der Waals surface area contributed by atoms with Crippen molar-refractivity contribution in [3.05, 3.63) is 78.1 Å². The van der Waals surface area contributed by atoms with Crippen LogP contribution in [0.2, 0.25) is 0 Å². The van der Waals surface area contributed by atoms with E-state index < -0.39 is 10.0 Å². The summed E-state index contributed by atoms with van der Waals surface area (Å²) in [6.07, 6.45) is 3.84. The molecule has 2 aromatic carbocycles. The third-order valence-corrected chi connectivity index (χ3v) is 5.59. The molecule has 0 saturated carbocycles. The molecule has 0 aliphatic heterocycles. The maximum absolute atomic E-state index is 12.4. The molecule has 0 unspecified atom stereocenters. The lowest BCUT2D eigenvalue weighted by atomic mass is 10.1. The van der Waals surface area contributed by atoms with Crippen molar-refractivity contribution in [2.45, 2.75) is 11.8 Å². The van der Waals surface area contributed by atoms with Crippen LogP contribution in [-0.2, 0) is 10.0 Å². The van der Waals surface area contributed by atoms with Crippen molar-refractivity contribution in [2.75, 3.05) is 12.4 Å². The number of hydrogen-bond acceptors (Lipinski definition) is 3. The van der Waals surface area contributed by atoms with Crippen LogP contribution in [0.1, 0.15) is 15.9 Å². The van der Waals surface area contributed by atoms with Gasteiger partial charge >= 0.3 is 0 Å². The molecule has 0 radical (unpaired) electrons. The van der Waals surface area contributed by atoms with Crippen molar-refractivity contribution in [2.24, 2.45) is 0 Å². The molecule has 26 heavy (non-hydrogen) atoms. The van der Waals surface area contributed by atoms with Gasteiger partial charge in [0.25, 0.3) is 5.91 Å². The fourth-order valence-corrected chi connectivity index (χ4v) is 3.57. The molecule has 1 aromatic heterocycles. The Hall–Kier alpha value is -2.90. The number of anilines is 1. The lowest BCUT2D eigenvalue weighted by Gasteiger charge is -2.11. The van der Waals surface area contributed by atoms with E-state index in [2.05, 4.69) is 10.0 Å². The van der Waals surface area contributed by atoms with Crippen LogP contribution in [0.3, 0.4) is 0 Å². The van der Waals surface area contributed by atoms with Crippen LogP contribution in [0.15, 0.2) is 71.9 Å². The molecule has 0 saturated heterocycles. The van der Waals surface area contributed by atoms with Gasteiger partial charge in [-0.1, -0.05) is 6.07 Å². The molecule has 1 heterocycles. The van der Waals surface area contributed by atoms with Crippen molar-refractivity contribution in [1.29, 1.82) is 0 Å². The van der Waals surface area contributed by atoms with E-state index >= 15 is 0 Å². The lowest BCUT2D eigenvalue weighted by molar-refractivity contribution is 0.102. The largest absolute Gasteiger partial charge is 0.324 e. The Kier molecular flexibility index (Phi) is 4.92. The van der Waals surface area contributed by atoms with E-state index in [1.807, 2.05) is 41.2 Å². The zero-order valence-corrected chi connectivity index (χ0v) is 15.2. The number of hydrogen-bond donors (Lipinski definition) is 2. The minimum Gasteiger partial charge on any atom is -0.324 e. The summed E-state index contributed by atoms with van der Waals surface area (Å²) in [6.45, 7) is 1.70. The Balaban J connectivity index is 1.81. The van der Waals surface area contributed by atoms with Gasteiger partial charge in [0.1, 0.15) is 0 Å². The molecular weight excluding hydrogens is 350 g/mol. The van der Waals surface area contributed by atoms with Crippen molar-refractivity contribution < 1.29 is 13.2 Å². The molecule has 7 heteroatoms. The van der Waals surface area contributed by atoms with Crippen LogP contribution >= 0.6 is 0 Å².